The highest BCUT2D eigenvalue weighted by Crippen LogP contribution is 2.21. The maximum absolute atomic E-state index is 12.4. The average molecular weight is 357 g/mol. The minimum Gasteiger partial charge on any atom is -0.356 e. The van der Waals surface area contributed by atoms with Crippen molar-refractivity contribution in [2.45, 2.75) is 13.3 Å². The molecule has 134 valence electrons. The van der Waals surface area contributed by atoms with Gasteiger partial charge in [0.25, 0.3) is 0 Å². The molecule has 0 unspecified atom stereocenters. The van der Waals surface area contributed by atoms with E-state index in [1.165, 1.54) is 0 Å². The number of aryl methyl sites for hydroxylation is 1. The lowest BCUT2D eigenvalue weighted by Gasteiger charge is -2.08. The van der Waals surface area contributed by atoms with E-state index in [-0.39, 0.29) is 12.3 Å². The number of hydrogen-bond acceptors (Lipinski definition) is 4. The molecule has 3 aromatic carbocycles. The predicted octanol–water partition coefficient (Wildman–Crippen LogP) is 5.06. The molecular weight excluding hydrogens is 338 g/mol. The van der Waals surface area contributed by atoms with Crippen LogP contribution < -0.4 is 10.6 Å². The number of fused-ring (bicyclic) bond motifs is 1. The van der Waals surface area contributed by atoms with Gasteiger partial charge in [-0.15, -0.1) is 0 Å². The van der Waals surface area contributed by atoms with Crippen molar-refractivity contribution < 1.29 is 9.32 Å². The number of hydrogen-bond donors (Lipinski definition) is 2. The van der Waals surface area contributed by atoms with Gasteiger partial charge in [-0.2, -0.15) is 0 Å². The number of aromatic nitrogens is 1. The summed E-state index contributed by atoms with van der Waals surface area (Å²) in [6, 6.07) is 23.3. The zero-order valence-corrected chi connectivity index (χ0v) is 14.9. The van der Waals surface area contributed by atoms with Crippen molar-refractivity contribution in [2.75, 3.05) is 10.6 Å². The third kappa shape index (κ3) is 3.98. The molecule has 0 aliphatic rings. The van der Waals surface area contributed by atoms with Gasteiger partial charge in [-0.05, 0) is 55.5 Å². The summed E-state index contributed by atoms with van der Waals surface area (Å²) in [5, 5.41) is 11.1. The fourth-order valence-corrected chi connectivity index (χ4v) is 2.91. The van der Waals surface area contributed by atoms with Crippen LogP contribution in [0.4, 0.5) is 17.1 Å². The first-order valence-electron chi connectivity index (χ1n) is 8.74. The highest BCUT2D eigenvalue weighted by molar-refractivity contribution is 5.94. The monoisotopic (exact) mass is 357 g/mol. The number of carbonyl (C=O) groups is 1. The lowest BCUT2D eigenvalue weighted by Crippen LogP contribution is -2.14. The normalized spacial score (nSPS) is 10.7. The van der Waals surface area contributed by atoms with E-state index in [2.05, 4.69) is 15.8 Å². The Morgan fingerprint density at radius 1 is 0.926 bits per heavy atom. The Balaban J connectivity index is 1.41. The van der Waals surface area contributed by atoms with Crippen molar-refractivity contribution in [3.63, 3.8) is 0 Å². The zero-order valence-electron chi connectivity index (χ0n) is 14.9. The summed E-state index contributed by atoms with van der Waals surface area (Å²) < 4.78 is 5.29. The second-order valence-corrected chi connectivity index (χ2v) is 6.42. The molecule has 0 atom stereocenters. The van der Waals surface area contributed by atoms with E-state index in [0.29, 0.717) is 11.3 Å². The van der Waals surface area contributed by atoms with Gasteiger partial charge in [0, 0.05) is 22.4 Å². The summed E-state index contributed by atoms with van der Waals surface area (Å²) in [5.41, 5.74) is 5.16. The molecule has 4 rings (SSSR count). The molecule has 27 heavy (non-hydrogen) atoms. The topological polar surface area (TPSA) is 67.2 Å². The second-order valence-electron chi connectivity index (χ2n) is 6.42. The first kappa shape index (κ1) is 16.8. The van der Waals surface area contributed by atoms with E-state index in [9.17, 15) is 4.79 Å². The van der Waals surface area contributed by atoms with E-state index in [1.54, 1.807) is 0 Å². The van der Waals surface area contributed by atoms with E-state index in [1.807, 2.05) is 79.7 Å². The zero-order chi connectivity index (χ0) is 18.6. The molecule has 0 fully saturated rings. The van der Waals surface area contributed by atoms with Crippen molar-refractivity contribution in [3.05, 3.63) is 84.1 Å². The van der Waals surface area contributed by atoms with Crippen LogP contribution >= 0.6 is 0 Å². The third-order valence-corrected chi connectivity index (χ3v) is 4.26. The minimum atomic E-state index is -0.129. The minimum absolute atomic E-state index is 0.129. The third-order valence-electron chi connectivity index (χ3n) is 4.26. The quantitative estimate of drug-likeness (QED) is 0.524. The van der Waals surface area contributed by atoms with Gasteiger partial charge < -0.3 is 15.2 Å². The van der Waals surface area contributed by atoms with E-state index in [4.69, 9.17) is 4.52 Å². The van der Waals surface area contributed by atoms with Crippen LogP contribution in [0.2, 0.25) is 0 Å². The Labute approximate surface area is 157 Å². The van der Waals surface area contributed by atoms with Gasteiger partial charge >= 0.3 is 0 Å². The Bertz CT molecular complexity index is 1070. The highest BCUT2D eigenvalue weighted by Gasteiger charge is 2.12. The standard InChI is InChI=1S/C22H19N3O2/c1-15-7-12-21-19(13-15)20(25-27-21)14-22(26)24-18-10-8-17(9-11-18)23-16-5-3-2-4-6-16/h2-13,23H,14H2,1H3,(H,24,26). The lowest BCUT2D eigenvalue weighted by atomic mass is 10.1. The number of anilines is 3. The first-order chi connectivity index (χ1) is 13.2. The molecule has 1 heterocycles. The largest absolute Gasteiger partial charge is 0.356 e. The van der Waals surface area contributed by atoms with E-state index < -0.39 is 0 Å². The first-order valence-corrected chi connectivity index (χ1v) is 8.74. The molecule has 2 N–H and O–H groups in total. The molecule has 5 nitrogen and oxygen atoms in total. The number of nitrogens with zero attached hydrogens (tertiary/aromatic N) is 1. The van der Waals surface area contributed by atoms with Gasteiger partial charge in [-0.1, -0.05) is 35.0 Å². The summed E-state index contributed by atoms with van der Waals surface area (Å²) >= 11 is 0. The van der Waals surface area contributed by atoms with Crippen LogP contribution in [-0.4, -0.2) is 11.1 Å². The molecule has 1 amide bonds. The maximum atomic E-state index is 12.4. The molecule has 5 heteroatoms. The molecule has 0 saturated carbocycles. The van der Waals surface area contributed by atoms with Crippen LogP contribution in [0.5, 0.6) is 0 Å². The van der Waals surface area contributed by atoms with Crippen molar-refractivity contribution >= 4 is 33.9 Å². The van der Waals surface area contributed by atoms with Crippen molar-refractivity contribution in [1.29, 1.82) is 0 Å². The molecule has 0 bridgehead atoms. The van der Waals surface area contributed by atoms with Crippen LogP contribution in [0.3, 0.4) is 0 Å². The van der Waals surface area contributed by atoms with Crippen LogP contribution in [0.15, 0.2) is 77.3 Å². The summed E-state index contributed by atoms with van der Waals surface area (Å²) in [5.74, 6) is -0.129. The molecule has 1 aromatic heterocycles. The number of amides is 1. The molecule has 0 aliphatic carbocycles. The van der Waals surface area contributed by atoms with Gasteiger partial charge in [0.2, 0.25) is 5.91 Å². The summed E-state index contributed by atoms with van der Waals surface area (Å²) in [4.78, 5) is 12.4. The van der Waals surface area contributed by atoms with Crippen LogP contribution in [0, 0.1) is 6.92 Å². The van der Waals surface area contributed by atoms with Crippen LogP contribution in [0.1, 0.15) is 11.3 Å². The van der Waals surface area contributed by atoms with Gasteiger partial charge in [-0.25, -0.2) is 0 Å². The number of carbonyl (C=O) groups excluding carboxylic acids is 1. The maximum Gasteiger partial charge on any atom is 0.230 e. The average Bonchev–Trinajstić information content (AvgIpc) is 3.06. The van der Waals surface area contributed by atoms with Gasteiger partial charge in [-0.3, -0.25) is 4.79 Å². The predicted molar refractivity (Wildman–Crippen MR) is 107 cm³/mol. The fourth-order valence-electron chi connectivity index (χ4n) is 2.91. The molecule has 4 aromatic rings. The molecule has 0 aliphatic heterocycles. The fraction of sp³-hybridized carbons (Fsp3) is 0.0909. The molecule has 0 radical (unpaired) electrons. The van der Waals surface area contributed by atoms with Crippen LogP contribution in [-0.2, 0) is 11.2 Å². The summed E-state index contributed by atoms with van der Waals surface area (Å²) in [6.45, 7) is 2.00. The van der Waals surface area contributed by atoms with Crippen molar-refractivity contribution in [3.8, 4) is 0 Å². The summed E-state index contributed by atoms with van der Waals surface area (Å²) in [7, 11) is 0. The van der Waals surface area contributed by atoms with Gasteiger partial charge in [0.05, 0.1) is 6.42 Å². The smallest absolute Gasteiger partial charge is 0.230 e. The number of nitrogens with one attached hydrogen (secondary N) is 2. The Kier molecular flexibility index (Phi) is 4.58. The second kappa shape index (κ2) is 7.33. The van der Waals surface area contributed by atoms with Gasteiger partial charge in [0.15, 0.2) is 5.58 Å². The Morgan fingerprint density at radius 2 is 1.63 bits per heavy atom. The highest BCUT2D eigenvalue weighted by atomic mass is 16.5. The van der Waals surface area contributed by atoms with Gasteiger partial charge in [0.1, 0.15) is 5.69 Å². The van der Waals surface area contributed by atoms with E-state index in [0.717, 1.165) is 28.0 Å². The summed E-state index contributed by atoms with van der Waals surface area (Å²) in [6.07, 6.45) is 0.167. The molecular formula is C22H19N3O2. The Hall–Kier alpha value is -3.60. The van der Waals surface area contributed by atoms with E-state index >= 15 is 0 Å². The number of benzene rings is 3. The van der Waals surface area contributed by atoms with Crippen LogP contribution in [0.25, 0.3) is 11.0 Å². The lowest BCUT2D eigenvalue weighted by molar-refractivity contribution is -0.115. The van der Waals surface area contributed by atoms with Crippen molar-refractivity contribution in [2.24, 2.45) is 0 Å². The molecule has 0 saturated heterocycles. The number of rotatable bonds is 5. The SMILES string of the molecule is Cc1ccc2onc(CC(=O)Nc3ccc(Nc4ccccc4)cc3)c2c1. The van der Waals surface area contributed by atoms with Crippen molar-refractivity contribution in [1.82, 2.24) is 5.16 Å². The Morgan fingerprint density at radius 3 is 2.41 bits per heavy atom. The molecule has 0 spiro atoms. The number of para-hydroxylation sites is 1.